The predicted molar refractivity (Wildman–Crippen MR) is 224 cm³/mol. The minimum Gasteiger partial charge on any atom is -0.0616 e. The fourth-order valence-electron chi connectivity index (χ4n) is 8.12. The van der Waals surface area contributed by atoms with E-state index in [2.05, 4.69) is 206 Å². The summed E-state index contributed by atoms with van der Waals surface area (Å²) in [5.41, 5.74) is 12.4. The van der Waals surface area contributed by atoms with E-state index in [-0.39, 0.29) is 0 Å². The maximum Gasteiger partial charge on any atom is -0.00264 e. The maximum absolute atomic E-state index is 2.31. The molecule has 0 bridgehead atoms. The minimum atomic E-state index is 1.21. The van der Waals surface area contributed by atoms with Crippen LogP contribution in [0.25, 0.3) is 98.7 Å². The summed E-state index contributed by atoms with van der Waals surface area (Å²) in [6.07, 6.45) is 0. The van der Waals surface area contributed by atoms with E-state index in [4.69, 9.17) is 0 Å². The van der Waals surface area contributed by atoms with Crippen LogP contribution in [-0.4, -0.2) is 0 Å². The standard InChI is InChI=1S/C52H34/c1-2-13-41-34-44(32-25-35(41)11-1)43-16-9-15-42(33-43)36-23-28-39(29-24-36)51-47-18-5-7-20-49(47)52(50-21-8-6-19-48(50)51)40-30-26-38(27-31-40)46-22-10-14-37-12-3-4-17-45(37)46/h1-34H. The molecule has 0 spiro atoms. The molecule has 0 aliphatic rings. The van der Waals surface area contributed by atoms with E-state index in [1.165, 1.54) is 98.7 Å². The molecule has 0 aliphatic heterocycles. The smallest absolute Gasteiger partial charge is 0.00264 e. The van der Waals surface area contributed by atoms with Crippen LogP contribution in [-0.2, 0) is 0 Å². The molecule has 0 atom stereocenters. The van der Waals surface area contributed by atoms with Crippen LogP contribution in [0.3, 0.4) is 0 Å². The normalized spacial score (nSPS) is 11.5. The highest BCUT2D eigenvalue weighted by Gasteiger charge is 2.17. The average Bonchev–Trinajstić information content (AvgIpc) is 3.22. The van der Waals surface area contributed by atoms with Gasteiger partial charge in [-0.15, -0.1) is 0 Å². The SMILES string of the molecule is c1cc(-c2ccc(-c3c4ccccc4c(-c4ccc(-c5cccc6ccccc56)cc4)c4ccccc34)cc2)cc(-c2ccc3ccccc3c2)c1. The fraction of sp³-hybridized carbons (Fsp3) is 0. The van der Waals surface area contributed by atoms with Crippen LogP contribution in [0.4, 0.5) is 0 Å². The summed E-state index contributed by atoms with van der Waals surface area (Å²) in [4.78, 5) is 0. The summed E-state index contributed by atoms with van der Waals surface area (Å²) in [7, 11) is 0. The summed E-state index contributed by atoms with van der Waals surface area (Å²) >= 11 is 0. The third-order valence-corrected chi connectivity index (χ3v) is 10.7. The van der Waals surface area contributed by atoms with Gasteiger partial charge in [0, 0.05) is 0 Å². The Bertz CT molecular complexity index is 2870. The Morgan fingerprint density at radius 1 is 0.192 bits per heavy atom. The summed E-state index contributed by atoms with van der Waals surface area (Å²) in [6.45, 7) is 0. The first-order valence-corrected chi connectivity index (χ1v) is 18.0. The summed E-state index contributed by atoms with van der Waals surface area (Å²) in [6, 6.07) is 75.5. The zero-order chi connectivity index (χ0) is 34.4. The third-order valence-electron chi connectivity index (χ3n) is 10.7. The average molecular weight is 659 g/mol. The molecule has 10 rings (SSSR count). The monoisotopic (exact) mass is 658 g/mol. The van der Waals surface area contributed by atoms with E-state index in [1.54, 1.807) is 0 Å². The van der Waals surface area contributed by atoms with Crippen molar-refractivity contribution in [2.24, 2.45) is 0 Å². The summed E-state index contributed by atoms with van der Waals surface area (Å²) < 4.78 is 0. The molecule has 0 saturated carbocycles. The second-order valence-electron chi connectivity index (χ2n) is 13.7. The lowest BCUT2D eigenvalue weighted by molar-refractivity contribution is 1.59. The molecule has 0 fully saturated rings. The molecular formula is C52H34. The third kappa shape index (κ3) is 5.16. The lowest BCUT2D eigenvalue weighted by Gasteiger charge is -2.18. The molecule has 0 heteroatoms. The van der Waals surface area contributed by atoms with Gasteiger partial charge in [0.2, 0.25) is 0 Å². The van der Waals surface area contributed by atoms with E-state index >= 15 is 0 Å². The quantitative estimate of drug-likeness (QED) is 0.161. The molecule has 52 heavy (non-hydrogen) atoms. The van der Waals surface area contributed by atoms with Crippen molar-refractivity contribution < 1.29 is 0 Å². The molecule has 0 aromatic heterocycles. The highest BCUT2D eigenvalue weighted by molar-refractivity contribution is 6.21. The van der Waals surface area contributed by atoms with Gasteiger partial charge < -0.3 is 0 Å². The van der Waals surface area contributed by atoms with Gasteiger partial charge in [-0.3, -0.25) is 0 Å². The van der Waals surface area contributed by atoms with Crippen molar-refractivity contribution in [3.8, 4) is 55.6 Å². The van der Waals surface area contributed by atoms with Gasteiger partial charge in [-0.1, -0.05) is 194 Å². The molecule has 0 aliphatic carbocycles. The molecule has 10 aromatic rings. The number of hydrogen-bond donors (Lipinski definition) is 0. The Kier molecular flexibility index (Phi) is 7.25. The van der Waals surface area contributed by atoms with Crippen LogP contribution in [0.5, 0.6) is 0 Å². The van der Waals surface area contributed by atoms with Gasteiger partial charge >= 0.3 is 0 Å². The van der Waals surface area contributed by atoms with Crippen LogP contribution >= 0.6 is 0 Å². The minimum absolute atomic E-state index is 1.21. The highest BCUT2D eigenvalue weighted by Crippen LogP contribution is 2.44. The van der Waals surface area contributed by atoms with Crippen molar-refractivity contribution in [3.05, 3.63) is 206 Å². The van der Waals surface area contributed by atoms with Gasteiger partial charge in [0.25, 0.3) is 0 Å². The zero-order valence-corrected chi connectivity index (χ0v) is 28.6. The largest absolute Gasteiger partial charge is 0.0616 e. The second-order valence-corrected chi connectivity index (χ2v) is 13.7. The number of hydrogen-bond acceptors (Lipinski definition) is 0. The predicted octanol–water partition coefficient (Wildman–Crippen LogP) is 14.6. The Morgan fingerprint density at radius 3 is 1.21 bits per heavy atom. The van der Waals surface area contributed by atoms with E-state index in [0.717, 1.165) is 0 Å². The lowest BCUT2D eigenvalue weighted by atomic mass is 9.85. The number of benzene rings is 10. The summed E-state index contributed by atoms with van der Waals surface area (Å²) in [5.74, 6) is 0. The van der Waals surface area contributed by atoms with Crippen molar-refractivity contribution >= 4 is 43.1 Å². The van der Waals surface area contributed by atoms with Gasteiger partial charge in [0.05, 0.1) is 0 Å². The van der Waals surface area contributed by atoms with Gasteiger partial charge in [0.1, 0.15) is 0 Å². The van der Waals surface area contributed by atoms with Crippen LogP contribution < -0.4 is 0 Å². The topological polar surface area (TPSA) is 0 Å². The Hall–Kier alpha value is -6.76. The number of rotatable bonds is 5. The fourth-order valence-corrected chi connectivity index (χ4v) is 8.12. The molecule has 0 radical (unpaired) electrons. The Balaban J connectivity index is 1.05. The van der Waals surface area contributed by atoms with E-state index < -0.39 is 0 Å². The maximum atomic E-state index is 2.31. The molecular weight excluding hydrogens is 625 g/mol. The first-order valence-electron chi connectivity index (χ1n) is 18.0. The molecule has 10 aromatic carbocycles. The van der Waals surface area contributed by atoms with Gasteiger partial charge in [-0.25, -0.2) is 0 Å². The van der Waals surface area contributed by atoms with Crippen LogP contribution in [0.1, 0.15) is 0 Å². The molecule has 242 valence electrons. The molecule has 0 amide bonds. The summed E-state index contributed by atoms with van der Waals surface area (Å²) in [5, 5.41) is 10.1. The van der Waals surface area contributed by atoms with Gasteiger partial charge in [-0.05, 0) is 111 Å². The molecule has 0 heterocycles. The Morgan fingerprint density at radius 2 is 0.596 bits per heavy atom. The lowest BCUT2D eigenvalue weighted by Crippen LogP contribution is -1.91. The van der Waals surface area contributed by atoms with Crippen LogP contribution in [0.2, 0.25) is 0 Å². The zero-order valence-electron chi connectivity index (χ0n) is 28.6. The highest BCUT2D eigenvalue weighted by atomic mass is 14.2. The van der Waals surface area contributed by atoms with Gasteiger partial charge in [0.15, 0.2) is 0 Å². The van der Waals surface area contributed by atoms with Crippen molar-refractivity contribution in [2.45, 2.75) is 0 Å². The van der Waals surface area contributed by atoms with E-state index in [0.29, 0.717) is 0 Å². The van der Waals surface area contributed by atoms with Crippen LogP contribution in [0.15, 0.2) is 206 Å². The van der Waals surface area contributed by atoms with Gasteiger partial charge in [-0.2, -0.15) is 0 Å². The Labute approximate surface area is 303 Å². The molecule has 0 nitrogen and oxygen atoms in total. The molecule has 0 saturated heterocycles. The van der Waals surface area contributed by atoms with Crippen molar-refractivity contribution in [1.82, 2.24) is 0 Å². The molecule has 0 N–H and O–H groups in total. The second kappa shape index (κ2) is 12.5. The number of fused-ring (bicyclic) bond motifs is 4. The van der Waals surface area contributed by atoms with Crippen LogP contribution in [0, 0.1) is 0 Å². The van der Waals surface area contributed by atoms with E-state index in [1.807, 2.05) is 0 Å². The van der Waals surface area contributed by atoms with E-state index in [9.17, 15) is 0 Å². The van der Waals surface area contributed by atoms with Crippen molar-refractivity contribution in [3.63, 3.8) is 0 Å². The first kappa shape index (κ1) is 30.1. The van der Waals surface area contributed by atoms with Crippen molar-refractivity contribution in [1.29, 1.82) is 0 Å². The first-order chi connectivity index (χ1) is 25.8. The molecule has 0 unspecified atom stereocenters. The van der Waals surface area contributed by atoms with Crippen molar-refractivity contribution in [2.75, 3.05) is 0 Å².